The monoisotopic (exact) mass is 285 g/mol. The highest BCUT2D eigenvalue weighted by Gasteiger charge is 2.25. The number of hydrogen-bond acceptors (Lipinski definition) is 3. The van der Waals surface area contributed by atoms with Crippen molar-refractivity contribution in [2.24, 2.45) is 0 Å². The molecule has 0 saturated heterocycles. The molecule has 0 aliphatic carbocycles. The molecule has 6 heteroatoms. The lowest BCUT2D eigenvalue weighted by Crippen LogP contribution is -2.33. The topological polar surface area (TPSA) is 50.9 Å². The smallest absolute Gasteiger partial charge is 0.147 e. The van der Waals surface area contributed by atoms with Crippen LogP contribution in [0.25, 0.3) is 11.0 Å². The second kappa shape index (κ2) is 5.06. The fraction of sp³-hybridized carbons (Fsp3) is 0.538. The van der Waals surface area contributed by atoms with Crippen LogP contribution >= 0.6 is 11.6 Å². The van der Waals surface area contributed by atoms with Crippen molar-refractivity contribution < 1.29 is 9.50 Å². The van der Waals surface area contributed by atoms with Gasteiger partial charge in [0.25, 0.3) is 0 Å². The van der Waals surface area contributed by atoms with E-state index in [4.69, 9.17) is 11.6 Å². The first-order valence-electron chi connectivity index (χ1n) is 6.32. The number of aliphatic hydroxyl groups is 1. The molecule has 2 aromatic rings. The Bertz CT molecular complexity index is 607. The summed E-state index contributed by atoms with van der Waals surface area (Å²) >= 11 is 6.04. The summed E-state index contributed by atoms with van der Waals surface area (Å²) in [5.41, 5.74) is 0.528. The Morgan fingerprint density at radius 2 is 2.05 bits per heavy atom. The third-order valence-corrected chi connectivity index (χ3v) is 3.97. The molecule has 0 saturated carbocycles. The molecule has 0 spiro atoms. The molecule has 4 nitrogen and oxygen atoms in total. The van der Waals surface area contributed by atoms with Crippen LogP contribution in [0.5, 0.6) is 0 Å². The van der Waals surface area contributed by atoms with Crippen molar-refractivity contribution in [1.29, 1.82) is 0 Å². The predicted octanol–water partition coefficient (Wildman–Crippen LogP) is 3.08. The largest absolute Gasteiger partial charge is 0.388 e. The van der Waals surface area contributed by atoms with Crippen LogP contribution in [-0.4, -0.2) is 25.7 Å². The van der Waals surface area contributed by atoms with Gasteiger partial charge >= 0.3 is 0 Å². The van der Waals surface area contributed by atoms with Gasteiger partial charge in [-0.15, -0.1) is 5.10 Å². The minimum atomic E-state index is -0.884. The van der Waals surface area contributed by atoms with E-state index in [1.165, 1.54) is 4.68 Å². The molecule has 1 aromatic carbocycles. The summed E-state index contributed by atoms with van der Waals surface area (Å²) < 4.78 is 15.3. The Hall–Kier alpha value is -1.20. The van der Waals surface area contributed by atoms with Gasteiger partial charge in [0.2, 0.25) is 0 Å². The number of benzene rings is 1. The predicted molar refractivity (Wildman–Crippen MR) is 72.8 cm³/mol. The lowest BCUT2D eigenvalue weighted by atomic mass is 9.97. The zero-order chi connectivity index (χ0) is 14.2. The molecule has 0 amide bonds. The van der Waals surface area contributed by atoms with Crippen LogP contribution in [0.3, 0.4) is 0 Å². The molecule has 0 aliphatic rings. The number of hydrogen-bond donors (Lipinski definition) is 1. The van der Waals surface area contributed by atoms with E-state index in [1.807, 2.05) is 13.8 Å². The summed E-state index contributed by atoms with van der Waals surface area (Å²) in [5, 5.41) is 18.3. The molecule has 0 bridgehead atoms. The fourth-order valence-electron chi connectivity index (χ4n) is 2.06. The number of fused-ring (bicyclic) bond motifs is 1. The van der Waals surface area contributed by atoms with E-state index in [2.05, 4.69) is 10.3 Å². The molecule has 0 atom stereocenters. The van der Waals surface area contributed by atoms with E-state index in [1.54, 1.807) is 13.0 Å². The summed E-state index contributed by atoms with van der Waals surface area (Å²) in [6.45, 7) is 5.68. The van der Waals surface area contributed by atoms with Crippen LogP contribution in [0.15, 0.2) is 6.07 Å². The highest BCUT2D eigenvalue weighted by molar-refractivity contribution is 6.35. The molecule has 0 unspecified atom stereocenters. The van der Waals surface area contributed by atoms with Crippen LogP contribution < -0.4 is 0 Å². The van der Waals surface area contributed by atoms with Crippen LogP contribution in [0.4, 0.5) is 4.39 Å². The van der Waals surface area contributed by atoms with Crippen LogP contribution in [0.1, 0.15) is 32.3 Å². The second-order valence-corrected chi connectivity index (χ2v) is 5.25. The molecule has 1 heterocycles. The molecule has 104 valence electrons. The Morgan fingerprint density at radius 3 is 2.63 bits per heavy atom. The van der Waals surface area contributed by atoms with Crippen molar-refractivity contribution in [3.8, 4) is 0 Å². The van der Waals surface area contributed by atoms with Crippen molar-refractivity contribution in [2.75, 3.05) is 0 Å². The molecule has 1 aromatic heterocycles. The number of rotatable bonds is 4. The van der Waals surface area contributed by atoms with Crippen molar-refractivity contribution in [3.63, 3.8) is 0 Å². The van der Waals surface area contributed by atoms with E-state index in [0.29, 0.717) is 29.4 Å². The van der Waals surface area contributed by atoms with Gasteiger partial charge in [-0.3, -0.25) is 0 Å². The van der Waals surface area contributed by atoms with Gasteiger partial charge < -0.3 is 5.11 Å². The Balaban J connectivity index is 2.54. The number of aromatic nitrogens is 3. The number of halogens is 2. The zero-order valence-electron chi connectivity index (χ0n) is 11.2. The normalized spacial score (nSPS) is 12.3. The standard InChI is InChI=1S/C13H17ClFN3O/c1-4-13(19,5-2)7-18-12-9(16-17-18)6-8(3)11(15)10(12)14/h6,19H,4-5,7H2,1-3H3. The zero-order valence-corrected chi connectivity index (χ0v) is 12.0. The molecule has 19 heavy (non-hydrogen) atoms. The van der Waals surface area contributed by atoms with E-state index >= 15 is 0 Å². The second-order valence-electron chi connectivity index (χ2n) is 4.87. The summed E-state index contributed by atoms with van der Waals surface area (Å²) in [7, 11) is 0. The first-order valence-corrected chi connectivity index (χ1v) is 6.70. The lowest BCUT2D eigenvalue weighted by Gasteiger charge is -2.25. The van der Waals surface area contributed by atoms with Crippen LogP contribution in [0, 0.1) is 12.7 Å². The van der Waals surface area contributed by atoms with Crippen LogP contribution in [-0.2, 0) is 6.54 Å². The van der Waals surface area contributed by atoms with Gasteiger partial charge in [0.15, 0.2) is 0 Å². The van der Waals surface area contributed by atoms with E-state index in [9.17, 15) is 9.50 Å². The van der Waals surface area contributed by atoms with E-state index in [0.717, 1.165) is 0 Å². The summed E-state index contributed by atoms with van der Waals surface area (Å²) in [6.07, 6.45) is 1.16. The molecule has 1 N–H and O–H groups in total. The van der Waals surface area contributed by atoms with Crippen molar-refractivity contribution in [2.45, 2.75) is 45.8 Å². The van der Waals surface area contributed by atoms with Gasteiger partial charge in [0.1, 0.15) is 21.9 Å². The maximum absolute atomic E-state index is 13.9. The summed E-state index contributed by atoms with van der Waals surface area (Å²) in [4.78, 5) is 0. The summed E-state index contributed by atoms with van der Waals surface area (Å²) in [5.74, 6) is -0.464. The van der Waals surface area contributed by atoms with Gasteiger partial charge in [-0.1, -0.05) is 30.7 Å². The molecule has 2 rings (SSSR count). The highest BCUT2D eigenvalue weighted by atomic mass is 35.5. The maximum Gasteiger partial charge on any atom is 0.147 e. The molecular formula is C13H17ClFN3O. The molecule has 0 radical (unpaired) electrons. The lowest BCUT2D eigenvalue weighted by molar-refractivity contribution is 0.0126. The van der Waals surface area contributed by atoms with E-state index in [-0.39, 0.29) is 11.6 Å². The third kappa shape index (κ3) is 2.44. The molecular weight excluding hydrogens is 269 g/mol. The fourth-order valence-corrected chi connectivity index (χ4v) is 2.40. The minimum absolute atomic E-state index is 0.00885. The minimum Gasteiger partial charge on any atom is -0.388 e. The van der Waals surface area contributed by atoms with Crippen LogP contribution in [0.2, 0.25) is 5.02 Å². The number of aryl methyl sites for hydroxylation is 1. The van der Waals surface area contributed by atoms with Gasteiger partial charge in [-0.05, 0) is 31.4 Å². The first-order chi connectivity index (χ1) is 8.91. The van der Waals surface area contributed by atoms with E-state index < -0.39 is 11.4 Å². The maximum atomic E-state index is 13.9. The first kappa shape index (κ1) is 14.2. The quantitative estimate of drug-likeness (QED) is 0.939. The van der Waals surface area contributed by atoms with Gasteiger partial charge in [0.05, 0.1) is 12.1 Å². The van der Waals surface area contributed by atoms with Gasteiger partial charge in [0, 0.05) is 0 Å². The molecule has 0 fully saturated rings. The Morgan fingerprint density at radius 1 is 1.42 bits per heavy atom. The average molecular weight is 286 g/mol. The van der Waals surface area contributed by atoms with Crippen molar-refractivity contribution in [3.05, 3.63) is 22.5 Å². The third-order valence-electron chi connectivity index (χ3n) is 3.62. The highest BCUT2D eigenvalue weighted by Crippen LogP contribution is 2.29. The Labute approximate surface area is 116 Å². The summed E-state index contributed by atoms with van der Waals surface area (Å²) in [6, 6.07) is 1.61. The average Bonchev–Trinajstić information content (AvgIpc) is 2.78. The van der Waals surface area contributed by atoms with Crippen molar-refractivity contribution >= 4 is 22.6 Å². The van der Waals surface area contributed by atoms with Gasteiger partial charge in [-0.25, -0.2) is 9.07 Å². The number of nitrogens with zero attached hydrogens (tertiary/aromatic N) is 3. The van der Waals surface area contributed by atoms with Gasteiger partial charge in [-0.2, -0.15) is 0 Å². The Kier molecular flexibility index (Phi) is 3.78. The van der Waals surface area contributed by atoms with Crippen molar-refractivity contribution in [1.82, 2.24) is 15.0 Å². The SMILES string of the molecule is CCC(O)(CC)Cn1nnc2cc(C)c(F)c(Cl)c21. The molecule has 0 aliphatic heterocycles.